The maximum atomic E-state index is 10.5. The van der Waals surface area contributed by atoms with Crippen LogP contribution in [0.15, 0.2) is 12.1 Å². The van der Waals surface area contributed by atoms with Gasteiger partial charge in [0, 0.05) is 29.5 Å². The molecular weight excluding hydrogens is 238 g/mol. The van der Waals surface area contributed by atoms with Gasteiger partial charge >= 0.3 is 5.97 Å². The quantitative estimate of drug-likeness (QED) is 0.809. The number of carbonyl (C=O) groups is 1. The largest absolute Gasteiger partial charge is 0.481 e. The van der Waals surface area contributed by atoms with Crippen LogP contribution in [0.4, 0.5) is 0 Å². The summed E-state index contributed by atoms with van der Waals surface area (Å²) in [6, 6.07) is 3.90. The minimum absolute atomic E-state index is 0.126. The van der Waals surface area contributed by atoms with Gasteiger partial charge in [-0.2, -0.15) is 0 Å². The summed E-state index contributed by atoms with van der Waals surface area (Å²) in [6.07, 6.45) is 1.27. The third-order valence-electron chi connectivity index (χ3n) is 2.80. The summed E-state index contributed by atoms with van der Waals surface area (Å²) >= 11 is 1.57. The van der Waals surface area contributed by atoms with Gasteiger partial charge in [-0.3, -0.25) is 4.79 Å². The summed E-state index contributed by atoms with van der Waals surface area (Å²) in [7, 11) is 0. The highest BCUT2D eigenvalue weighted by atomic mass is 32.1. The Hall–Kier alpha value is -0.910. The van der Waals surface area contributed by atoms with Crippen molar-refractivity contribution >= 4 is 17.3 Å². The molecule has 1 aromatic heterocycles. The lowest BCUT2D eigenvalue weighted by molar-refractivity contribution is -0.136. The SMILES string of the molecule is O=C(O)Cc1ccc(CNCC2CCOC2)s1. The Morgan fingerprint density at radius 1 is 1.53 bits per heavy atom. The predicted octanol–water partition coefficient (Wildman–Crippen LogP) is 1.50. The number of aliphatic carboxylic acids is 1. The Bertz CT molecular complexity index is 372. The Balaban J connectivity index is 1.71. The van der Waals surface area contributed by atoms with Crippen LogP contribution in [-0.2, 0) is 22.5 Å². The highest BCUT2D eigenvalue weighted by Gasteiger charge is 2.14. The molecule has 1 fully saturated rings. The van der Waals surface area contributed by atoms with Crippen molar-refractivity contribution in [2.75, 3.05) is 19.8 Å². The van der Waals surface area contributed by atoms with E-state index in [0.717, 1.165) is 37.6 Å². The van der Waals surface area contributed by atoms with Crippen molar-refractivity contribution in [1.29, 1.82) is 0 Å². The Morgan fingerprint density at radius 2 is 2.35 bits per heavy atom. The number of hydrogen-bond acceptors (Lipinski definition) is 4. The molecule has 1 aromatic rings. The van der Waals surface area contributed by atoms with Gasteiger partial charge in [0.25, 0.3) is 0 Å². The molecule has 1 unspecified atom stereocenters. The number of hydrogen-bond donors (Lipinski definition) is 2. The van der Waals surface area contributed by atoms with E-state index in [1.54, 1.807) is 11.3 Å². The maximum Gasteiger partial charge on any atom is 0.308 e. The summed E-state index contributed by atoms with van der Waals surface area (Å²) in [5, 5.41) is 12.1. The Kier molecular flexibility index (Phi) is 4.53. The molecule has 1 saturated heterocycles. The van der Waals surface area contributed by atoms with Gasteiger partial charge in [-0.05, 0) is 24.5 Å². The van der Waals surface area contributed by atoms with E-state index < -0.39 is 5.97 Å². The zero-order valence-electron chi connectivity index (χ0n) is 9.65. The third-order valence-corrected chi connectivity index (χ3v) is 3.88. The summed E-state index contributed by atoms with van der Waals surface area (Å²) in [5.41, 5.74) is 0. The fourth-order valence-corrected chi connectivity index (χ4v) is 2.88. The molecule has 0 aromatic carbocycles. The number of ether oxygens (including phenoxy) is 1. The van der Waals surface area contributed by atoms with Crippen LogP contribution in [0.3, 0.4) is 0 Å². The van der Waals surface area contributed by atoms with Gasteiger partial charge in [0.1, 0.15) is 0 Å². The van der Waals surface area contributed by atoms with Crippen LogP contribution >= 0.6 is 11.3 Å². The van der Waals surface area contributed by atoms with Crippen molar-refractivity contribution in [1.82, 2.24) is 5.32 Å². The molecule has 1 aliphatic rings. The number of rotatable bonds is 6. The van der Waals surface area contributed by atoms with E-state index in [2.05, 4.69) is 5.32 Å². The fraction of sp³-hybridized carbons (Fsp3) is 0.583. The molecule has 0 radical (unpaired) electrons. The van der Waals surface area contributed by atoms with Crippen molar-refractivity contribution in [2.24, 2.45) is 5.92 Å². The molecule has 4 nitrogen and oxygen atoms in total. The van der Waals surface area contributed by atoms with Crippen molar-refractivity contribution in [3.63, 3.8) is 0 Å². The molecule has 1 atom stereocenters. The number of carboxylic acids is 1. The van der Waals surface area contributed by atoms with E-state index in [-0.39, 0.29) is 6.42 Å². The summed E-state index contributed by atoms with van der Waals surface area (Å²) in [4.78, 5) is 12.7. The van der Waals surface area contributed by atoms with E-state index >= 15 is 0 Å². The zero-order chi connectivity index (χ0) is 12.1. The average Bonchev–Trinajstić information content (AvgIpc) is 2.89. The van der Waals surface area contributed by atoms with Crippen molar-refractivity contribution in [3.05, 3.63) is 21.9 Å². The lowest BCUT2D eigenvalue weighted by Crippen LogP contribution is -2.22. The van der Waals surface area contributed by atoms with Crippen LogP contribution in [0, 0.1) is 5.92 Å². The Morgan fingerprint density at radius 3 is 3.06 bits per heavy atom. The first-order valence-corrected chi connectivity index (χ1v) is 6.63. The van der Waals surface area contributed by atoms with E-state index in [1.807, 2.05) is 12.1 Å². The maximum absolute atomic E-state index is 10.5. The lowest BCUT2D eigenvalue weighted by atomic mass is 10.1. The summed E-state index contributed by atoms with van der Waals surface area (Å²) in [6.45, 7) is 3.54. The molecule has 0 aliphatic carbocycles. The molecule has 0 spiro atoms. The van der Waals surface area contributed by atoms with E-state index in [0.29, 0.717) is 5.92 Å². The number of carboxylic acid groups (broad SMARTS) is 1. The summed E-state index contributed by atoms with van der Waals surface area (Å²) < 4.78 is 5.31. The molecule has 0 saturated carbocycles. The van der Waals surface area contributed by atoms with Gasteiger partial charge < -0.3 is 15.2 Å². The smallest absolute Gasteiger partial charge is 0.308 e. The summed E-state index contributed by atoms with van der Waals surface area (Å²) in [5.74, 6) is -0.136. The van der Waals surface area contributed by atoms with E-state index in [4.69, 9.17) is 9.84 Å². The Labute approximate surface area is 105 Å². The fourth-order valence-electron chi connectivity index (χ4n) is 1.91. The topological polar surface area (TPSA) is 58.6 Å². The van der Waals surface area contributed by atoms with Crippen LogP contribution < -0.4 is 5.32 Å². The van der Waals surface area contributed by atoms with Crippen LogP contribution in [0.25, 0.3) is 0 Å². The highest BCUT2D eigenvalue weighted by molar-refractivity contribution is 7.12. The van der Waals surface area contributed by atoms with Gasteiger partial charge in [0.05, 0.1) is 13.0 Å². The monoisotopic (exact) mass is 255 g/mol. The van der Waals surface area contributed by atoms with Crippen molar-refractivity contribution in [2.45, 2.75) is 19.4 Å². The van der Waals surface area contributed by atoms with Gasteiger partial charge in [0.15, 0.2) is 0 Å². The molecule has 1 aliphatic heterocycles. The highest BCUT2D eigenvalue weighted by Crippen LogP contribution is 2.17. The minimum atomic E-state index is -0.769. The number of thiophene rings is 1. The van der Waals surface area contributed by atoms with Crippen LogP contribution in [-0.4, -0.2) is 30.8 Å². The third kappa shape index (κ3) is 4.11. The normalized spacial score (nSPS) is 19.6. The van der Waals surface area contributed by atoms with Crippen LogP contribution in [0.1, 0.15) is 16.2 Å². The van der Waals surface area contributed by atoms with Crippen molar-refractivity contribution in [3.8, 4) is 0 Å². The second kappa shape index (κ2) is 6.14. The van der Waals surface area contributed by atoms with Crippen molar-refractivity contribution < 1.29 is 14.6 Å². The second-order valence-corrected chi connectivity index (χ2v) is 5.55. The molecule has 5 heteroatoms. The molecular formula is C12H17NO3S. The molecule has 94 valence electrons. The number of nitrogens with one attached hydrogen (secondary N) is 1. The van der Waals surface area contributed by atoms with E-state index in [1.165, 1.54) is 4.88 Å². The average molecular weight is 255 g/mol. The first-order valence-electron chi connectivity index (χ1n) is 5.82. The zero-order valence-corrected chi connectivity index (χ0v) is 10.5. The van der Waals surface area contributed by atoms with Crippen LogP contribution in [0.2, 0.25) is 0 Å². The first-order chi connectivity index (χ1) is 8.24. The molecule has 2 heterocycles. The lowest BCUT2D eigenvalue weighted by Gasteiger charge is -2.07. The second-order valence-electron chi connectivity index (χ2n) is 4.30. The molecule has 2 N–H and O–H groups in total. The molecule has 17 heavy (non-hydrogen) atoms. The molecule has 0 amide bonds. The standard InChI is InChI=1S/C12H17NO3S/c14-12(15)5-10-1-2-11(17-10)7-13-6-9-3-4-16-8-9/h1-2,9,13H,3-8H2,(H,14,15). The van der Waals surface area contributed by atoms with Crippen LogP contribution in [0.5, 0.6) is 0 Å². The molecule has 0 bridgehead atoms. The minimum Gasteiger partial charge on any atom is -0.481 e. The van der Waals surface area contributed by atoms with Gasteiger partial charge in [0.2, 0.25) is 0 Å². The van der Waals surface area contributed by atoms with E-state index in [9.17, 15) is 4.79 Å². The van der Waals surface area contributed by atoms with Gasteiger partial charge in [-0.15, -0.1) is 11.3 Å². The van der Waals surface area contributed by atoms with Gasteiger partial charge in [-0.1, -0.05) is 0 Å². The first kappa shape index (κ1) is 12.5. The molecule has 2 rings (SSSR count). The van der Waals surface area contributed by atoms with Gasteiger partial charge in [-0.25, -0.2) is 0 Å². The predicted molar refractivity (Wildman–Crippen MR) is 66.3 cm³/mol.